The molecular formula is C16H23NO2. The van der Waals surface area contributed by atoms with E-state index < -0.39 is 6.10 Å². The molecule has 0 spiro atoms. The fourth-order valence-corrected chi connectivity index (χ4v) is 2.22. The molecule has 19 heavy (non-hydrogen) atoms. The number of hydrogen-bond donors (Lipinski definition) is 2. The van der Waals surface area contributed by atoms with Crippen molar-refractivity contribution in [2.24, 2.45) is 0 Å². The van der Waals surface area contributed by atoms with Crippen LogP contribution < -0.4 is 5.32 Å². The summed E-state index contributed by atoms with van der Waals surface area (Å²) >= 11 is 0. The third kappa shape index (κ3) is 4.16. The molecule has 1 aromatic carbocycles. The lowest BCUT2D eigenvalue weighted by Crippen LogP contribution is -2.34. The maximum Gasteiger partial charge on any atom is 0.0898 e. The Labute approximate surface area is 115 Å². The van der Waals surface area contributed by atoms with E-state index in [2.05, 4.69) is 43.4 Å². The summed E-state index contributed by atoms with van der Waals surface area (Å²) in [7, 11) is 0. The SMILES string of the molecule is CC(C)NCC(O)COC1CC=Cc2ccccc21. The Hall–Kier alpha value is -1.16. The lowest BCUT2D eigenvalue weighted by molar-refractivity contribution is -0.00958. The second-order valence-electron chi connectivity index (χ2n) is 5.31. The number of ether oxygens (including phenoxy) is 1. The maximum atomic E-state index is 9.87. The third-order valence-electron chi connectivity index (χ3n) is 3.24. The second-order valence-corrected chi connectivity index (χ2v) is 5.31. The van der Waals surface area contributed by atoms with Gasteiger partial charge < -0.3 is 15.2 Å². The number of nitrogens with one attached hydrogen (secondary N) is 1. The molecule has 2 rings (SSSR count). The van der Waals surface area contributed by atoms with Gasteiger partial charge in [0.1, 0.15) is 0 Å². The zero-order valence-electron chi connectivity index (χ0n) is 11.7. The van der Waals surface area contributed by atoms with E-state index in [-0.39, 0.29) is 6.10 Å². The highest BCUT2D eigenvalue weighted by atomic mass is 16.5. The van der Waals surface area contributed by atoms with Crippen LogP contribution in [0.25, 0.3) is 6.08 Å². The first-order valence-electron chi connectivity index (χ1n) is 6.95. The van der Waals surface area contributed by atoms with Crippen molar-refractivity contribution in [3.05, 3.63) is 41.5 Å². The van der Waals surface area contributed by atoms with Gasteiger partial charge in [-0.1, -0.05) is 50.3 Å². The highest BCUT2D eigenvalue weighted by Crippen LogP contribution is 2.30. The minimum atomic E-state index is -0.458. The molecule has 0 fully saturated rings. The van der Waals surface area contributed by atoms with Crippen LogP contribution in [0.1, 0.15) is 37.5 Å². The molecule has 2 unspecified atom stereocenters. The molecule has 1 aromatic rings. The number of fused-ring (bicyclic) bond motifs is 1. The van der Waals surface area contributed by atoms with Crippen LogP contribution in [-0.2, 0) is 4.74 Å². The molecule has 0 saturated carbocycles. The zero-order valence-corrected chi connectivity index (χ0v) is 11.7. The normalized spacial score (nSPS) is 19.5. The molecule has 2 atom stereocenters. The average Bonchev–Trinajstić information content (AvgIpc) is 2.42. The second kappa shape index (κ2) is 6.85. The molecule has 1 aliphatic carbocycles. The summed E-state index contributed by atoms with van der Waals surface area (Å²) in [5, 5.41) is 13.1. The van der Waals surface area contributed by atoms with Crippen molar-refractivity contribution in [2.75, 3.05) is 13.2 Å². The number of benzene rings is 1. The molecule has 1 aliphatic rings. The number of aliphatic hydroxyl groups is 1. The van der Waals surface area contributed by atoms with E-state index in [1.54, 1.807) is 0 Å². The van der Waals surface area contributed by atoms with E-state index >= 15 is 0 Å². The van der Waals surface area contributed by atoms with E-state index in [0.717, 1.165) is 6.42 Å². The van der Waals surface area contributed by atoms with Crippen molar-refractivity contribution in [3.63, 3.8) is 0 Å². The van der Waals surface area contributed by atoms with Crippen LogP contribution >= 0.6 is 0 Å². The molecule has 0 saturated heterocycles. The van der Waals surface area contributed by atoms with Crippen LogP contribution in [0, 0.1) is 0 Å². The van der Waals surface area contributed by atoms with E-state index in [0.29, 0.717) is 19.2 Å². The Balaban J connectivity index is 1.85. The molecule has 3 nitrogen and oxygen atoms in total. The van der Waals surface area contributed by atoms with Crippen molar-refractivity contribution in [1.29, 1.82) is 0 Å². The Kier molecular flexibility index (Phi) is 5.14. The standard InChI is InChI=1S/C16H23NO2/c1-12(2)17-10-14(18)11-19-16-9-5-7-13-6-3-4-8-15(13)16/h3-8,12,14,16-18H,9-11H2,1-2H3. The monoisotopic (exact) mass is 261 g/mol. The third-order valence-corrected chi connectivity index (χ3v) is 3.24. The van der Waals surface area contributed by atoms with Crippen LogP contribution in [0.3, 0.4) is 0 Å². The molecule has 0 heterocycles. The average molecular weight is 261 g/mol. The summed E-state index contributed by atoms with van der Waals surface area (Å²) in [5.74, 6) is 0. The largest absolute Gasteiger partial charge is 0.389 e. The van der Waals surface area contributed by atoms with Crippen LogP contribution in [0.4, 0.5) is 0 Å². The Morgan fingerprint density at radius 2 is 2.16 bits per heavy atom. The quantitative estimate of drug-likeness (QED) is 0.827. The molecule has 0 bridgehead atoms. The fourth-order valence-electron chi connectivity index (χ4n) is 2.22. The van der Waals surface area contributed by atoms with Gasteiger partial charge in [-0.3, -0.25) is 0 Å². The van der Waals surface area contributed by atoms with Gasteiger partial charge in [-0.2, -0.15) is 0 Å². The van der Waals surface area contributed by atoms with Crippen molar-refractivity contribution >= 4 is 6.08 Å². The summed E-state index contributed by atoms with van der Waals surface area (Å²) < 4.78 is 5.86. The lowest BCUT2D eigenvalue weighted by Gasteiger charge is -2.24. The van der Waals surface area contributed by atoms with Gasteiger partial charge in [0.15, 0.2) is 0 Å². The summed E-state index contributed by atoms with van der Waals surface area (Å²) in [5.41, 5.74) is 2.43. The molecule has 0 amide bonds. The van der Waals surface area contributed by atoms with E-state index in [1.807, 2.05) is 12.1 Å². The number of rotatable bonds is 6. The van der Waals surface area contributed by atoms with Crippen LogP contribution in [0.2, 0.25) is 0 Å². The van der Waals surface area contributed by atoms with E-state index in [9.17, 15) is 5.11 Å². The molecule has 0 aromatic heterocycles. The Morgan fingerprint density at radius 1 is 1.37 bits per heavy atom. The van der Waals surface area contributed by atoms with Gasteiger partial charge in [0.05, 0.1) is 18.8 Å². The molecular weight excluding hydrogens is 238 g/mol. The Bertz CT molecular complexity index is 429. The molecule has 0 radical (unpaired) electrons. The van der Waals surface area contributed by atoms with Crippen molar-refractivity contribution in [1.82, 2.24) is 5.32 Å². The lowest BCUT2D eigenvalue weighted by atomic mass is 9.95. The van der Waals surface area contributed by atoms with Gasteiger partial charge in [-0.15, -0.1) is 0 Å². The zero-order chi connectivity index (χ0) is 13.7. The van der Waals surface area contributed by atoms with Crippen LogP contribution in [0.15, 0.2) is 30.3 Å². The van der Waals surface area contributed by atoms with Gasteiger partial charge in [0, 0.05) is 12.6 Å². The number of aliphatic hydroxyl groups excluding tert-OH is 1. The van der Waals surface area contributed by atoms with Crippen LogP contribution in [0.5, 0.6) is 0 Å². The first-order chi connectivity index (χ1) is 9.16. The van der Waals surface area contributed by atoms with Gasteiger partial charge in [-0.05, 0) is 17.5 Å². The van der Waals surface area contributed by atoms with Crippen LogP contribution in [-0.4, -0.2) is 30.4 Å². The maximum absolute atomic E-state index is 9.87. The molecule has 104 valence electrons. The first-order valence-corrected chi connectivity index (χ1v) is 6.95. The minimum absolute atomic E-state index is 0.0647. The summed E-state index contributed by atoms with van der Waals surface area (Å²) in [4.78, 5) is 0. The van der Waals surface area contributed by atoms with Gasteiger partial charge >= 0.3 is 0 Å². The first kappa shape index (κ1) is 14.3. The minimum Gasteiger partial charge on any atom is -0.389 e. The highest BCUT2D eigenvalue weighted by molar-refractivity contribution is 5.56. The summed E-state index contributed by atoms with van der Waals surface area (Å²) in [6, 6.07) is 8.64. The molecule has 3 heteroatoms. The van der Waals surface area contributed by atoms with Gasteiger partial charge in [-0.25, -0.2) is 0 Å². The Morgan fingerprint density at radius 3 is 2.95 bits per heavy atom. The molecule has 2 N–H and O–H groups in total. The number of hydrogen-bond acceptors (Lipinski definition) is 3. The van der Waals surface area contributed by atoms with E-state index in [4.69, 9.17) is 4.74 Å². The molecule has 0 aliphatic heterocycles. The van der Waals surface area contributed by atoms with Crippen molar-refractivity contribution in [3.8, 4) is 0 Å². The summed E-state index contributed by atoms with van der Waals surface area (Å²) in [6.45, 7) is 5.07. The van der Waals surface area contributed by atoms with Gasteiger partial charge in [0.2, 0.25) is 0 Å². The van der Waals surface area contributed by atoms with Crippen molar-refractivity contribution < 1.29 is 9.84 Å². The predicted molar refractivity (Wildman–Crippen MR) is 77.9 cm³/mol. The highest BCUT2D eigenvalue weighted by Gasteiger charge is 2.18. The fraction of sp³-hybridized carbons (Fsp3) is 0.500. The predicted octanol–water partition coefficient (Wildman–Crippen LogP) is 2.52. The van der Waals surface area contributed by atoms with Crippen molar-refractivity contribution in [2.45, 2.75) is 38.5 Å². The summed E-state index contributed by atoms with van der Waals surface area (Å²) in [6.07, 6.45) is 4.74. The smallest absolute Gasteiger partial charge is 0.0898 e. The van der Waals surface area contributed by atoms with E-state index in [1.165, 1.54) is 11.1 Å². The topological polar surface area (TPSA) is 41.5 Å². The van der Waals surface area contributed by atoms with Gasteiger partial charge in [0.25, 0.3) is 0 Å².